The first-order valence-corrected chi connectivity index (χ1v) is 8.52. The lowest BCUT2D eigenvalue weighted by molar-refractivity contribution is 0.105. The molecule has 5 nitrogen and oxygen atoms in total. The van der Waals surface area contributed by atoms with Gasteiger partial charge in [-0.15, -0.1) is 0 Å². The number of nitrogens with zero attached hydrogens (tertiary/aromatic N) is 4. The molecule has 2 aliphatic heterocycles. The van der Waals surface area contributed by atoms with Crippen LogP contribution in [0.15, 0.2) is 24.3 Å². The molecule has 0 bridgehead atoms. The molecular weight excluding hydrogens is 288 g/mol. The van der Waals surface area contributed by atoms with E-state index in [9.17, 15) is 10.1 Å². The number of carbonyl (C=O) groups excluding carboxylic acids is 1. The molecule has 122 valence electrons. The lowest BCUT2D eigenvalue weighted by Crippen LogP contribution is -2.53. The quantitative estimate of drug-likeness (QED) is 0.842. The van der Waals surface area contributed by atoms with E-state index < -0.39 is 0 Å². The second kappa shape index (κ2) is 7.47. The van der Waals surface area contributed by atoms with Crippen LogP contribution in [-0.4, -0.2) is 60.0 Å². The third-order valence-electron chi connectivity index (χ3n) is 4.80. The van der Waals surface area contributed by atoms with Crippen molar-refractivity contribution in [1.29, 1.82) is 5.26 Å². The molecule has 3 rings (SSSR count). The zero-order valence-electron chi connectivity index (χ0n) is 13.6. The first-order valence-electron chi connectivity index (χ1n) is 8.52. The highest BCUT2D eigenvalue weighted by Crippen LogP contribution is 2.15. The van der Waals surface area contributed by atoms with Gasteiger partial charge in [-0.1, -0.05) is 18.2 Å². The molecule has 0 radical (unpaired) electrons. The number of urea groups is 1. The number of amides is 2. The van der Waals surface area contributed by atoms with Crippen molar-refractivity contribution in [2.24, 2.45) is 0 Å². The van der Waals surface area contributed by atoms with Crippen LogP contribution >= 0.6 is 0 Å². The molecule has 2 fully saturated rings. The van der Waals surface area contributed by atoms with Crippen molar-refractivity contribution in [3.63, 3.8) is 0 Å². The average Bonchev–Trinajstić information content (AvgIpc) is 2.63. The molecular formula is C18H24N4O. The van der Waals surface area contributed by atoms with Gasteiger partial charge in [0.2, 0.25) is 0 Å². The van der Waals surface area contributed by atoms with Gasteiger partial charge in [-0.2, -0.15) is 5.26 Å². The van der Waals surface area contributed by atoms with Crippen LogP contribution in [0.3, 0.4) is 0 Å². The third-order valence-corrected chi connectivity index (χ3v) is 4.80. The van der Waals surface area contributed by atoms with E-state index in [2.05, 4.69) is 11.0 Å². The zero-order valence-corrected chi connectivity index (χ0v) is 13.6. The van der Waals surface area contributed by atoms with Gasteiger partial charge >= 0.3 is 6.03 Å². The monoisotopic (exact) mass is 312 g/mol. The Hall–Kier alpha value is -2.06. The summed E-state index contributed by atoms with van der Waals surface area (Å²) in [5.41, 5.74) is 1.82. The summed E-state index contributed by atoms with van der Waals surface area (Å²) in [5, 5.41) is 9.18. The molecule has 2 amide bonds. The SMILES string of the molecule is N#Cc1ccccc1CN1CCN(C(=O)N2CCCCC2)CC1. The van der Waals surface area contributed by atoms with Gasteiger partial charge in [0.15, 0.2) is 0 Å². The Balaban J connectivity index is 1.52. The van der Waals surface area contributed by atoms with Gasteiger partial charge < -0.3 is 9.80 Å². The minimum absolute atomic E-state index is 0.210. The van der Waals surface area contributed by atoms with Gasteiger partial charge in [0.1, 0.15) is 0 Å². The highest BCUT2D eigenvalue weighted by molar-refractivity contribution is 5.74. The van der Waals surface area contributed by atoms with E-state index in [0.717, 1.165) is 69.8 Å². The maximum Gasteiger partial charge on any atom is 0.320 e. The summed E-state index contributed by atoms with van der Waals surface area (Å²) in [5.74, 6) is 0. The molecule has 0 aliphatic carbocycles. The van der Waals surface area contributed by atoms with Crippen molar-refractivity contribution in [3.8, 4) is 6.07 Å². The van der Waals surface area contributed by atoms with Crippen LogP contribution in [0, 0.1) is 11.3 Å². The topological polar surface area (TPSA) is 50.6 Å². The lowest BCUT2D eigenvalue weighted by Gasteiger charge is -2.38. The van der Waals surface area contributed by atoms with Crippen LogP contribution in [0.4, 0.5) is 4.79 Å². The van der Waals surface area contributed by atoms with Crippen molar-refractivity contribution in [2.75, 3.05) is 39.3 Å². The zero-order chi connectivity index (χ0) is 16.1. The van der Waals surface area contributed by atoms with Crippen LogP contribution in [0.25, 0.3) is 0 Å². The van der Waals surface area contributed by atoms with Crippen molar-refractivity contribution < 1.29 is 4.79 Å². The molecule has 2 saturated heterocycles. The molecule has 23 heavy (non-hydrogen) atoms. The van der Waals surface area contributed by atoms with Crippen LogP contribution < -0.4 is 0 Å². The average molecular weight is 312 g/mol. The normalized spacial score (nSPS) is 19.4. The number of piperidine rings is 1. The Bertz CT molecular complexity index is 581. The maximum absolute atomic E-state index is 12.5. The van der Waals surface area contributed by atoms with Crippen molar-refractivity contribution in [2.45, 2.75) is 25.8 Å². The highest BCUT2D eigenvalue weighted by Gasteiger charge is 2.26. The first kappa shape index (κ1) is 15.8. The second-order valence-corrected chi connectivity index (χ2v) is 6.36. The number of nitriles is 1. The van der Waals surface area contributed by atoms with E-state index in [4.69, 9.17) is 0 Å². The van der Waals surface area contributed by atoms with Crippen LogP contribution in [0.5, 0.6) is 0 Å². The highest BCUT2D eigenvalue weighted by atomic mass is 16.2. The number of hydrogen-bond donors (Lipinski definition) is 0. The van der Waals surface area contributed by atoms with Gasteiger partial charge in [-0.25, -0.2) is 4.79 Å². The number of hydrogen-bond acceptors (Lipinski definition) is 3. The molecule has 0 unspecified atom stereocenters. The van der Waals surface area contributed by atoms with Gasteiger partial charge in [0.05, 0.1) is 11.6 Å². The molecule has 0 N–H and O–H groups in total. The lowest BCUT2D eigenvalue weighted by atomic mass is 10.1. The number of rotatable bonds is 2. The van der Waals surface area contributed by atoms with E-state index in [-0.39, 0.29) is 6.03 Å². The number of benzene rings is 1. The molecule has 0 atom stereocenters. The van der Waals surface area contributed by atoms with Gasteiger partial charge in [-0.3, -0.25) is 4.90 Å². The molecule has 0 saturated carbocycles. The predicted octanol–water partition coefficient (Wildman–Crippen LogP) is 2.28. The Morgan fingerprint density at radius 2 is 1.61 bits per heavy atom. The van der Waals surface area contributed by atoms with Gasteiger partial charge in [0, 0.05) is 45.8 Å². The van der Waals surface area contributed by atoms with Crippen LogP contribution in [0.2, 0.25) is 0 Å². The summed E-state index contributed by atoms with van der Waals surface area (Å²) in [6.45, 7) is 5.92. The predicted molar refractivity (Wildman–Crippen MR) is 88.8 cm³/mol. The van der Waals surface area contributed by atoms with E-state index >= 15 is 0 Å². The number of likely N-dealkylation sites (tertiary alicyclic amines) is 1. The summed E-state index contributed by atoms with van der Waals surface area (Å²) in [6.07, 6.45) is 3.52. The minimum Gasteiger partial charge on any atom is -0.325 e. The van der Waals surface area contributed by atoms with Gasteiger partial charge in [-0.05, 0) is 30.9 Å². The summed E-state index contributed by atoms with van der Waals surface area (Å²) in [4.78, 5) is 18.8. The molecule has 5 heteroatoms. The summed E-state index contributed by atoms with van der Waals surface area (Å²) >= 11 is 0. The summed E-state index contributed by atoms with van der Waals surface area (Å²) in [6, 6.07) is 10.2. The fraction of sp³-hybridized carbons (Fsp3) is 0.556. The van der Waals surface area contributed by atoms with Gasteiger partial charge in [0.25, 0.3) is 0 Å². The summed E-state index contributed by atoms with van der Waals surface area (Å²) < 4.78 is 0. The molecule has 2 heterocycles. The van der Waals surface area contributed by atoms with Crippen LogP contribution in [-0.2, 0) is 6.54 Å². The molecule has 0 aromatic heterocycles. The van der Waals surface area contributed by atoms with Crippen molar-refractivity contribution in [1.82, 2.24) is 14.7 Å². The molecule has 0 spiro atoms. The third kappa shape index (κ3) is 3.83. The molecule has 1 aromatic carbocycles. The van der Waals surface area contributed by atoms with E-state index in [0.29, 0.717) is 0 Å². The smallest absolute Gasteiger partial charge is 0.320 e. The first-order chi connectivity index (χ1) is 11.3. The minimum atomic E-state index is 0.210. The Morgan fingerprint density at radius 1 is 0.957 bits per heavy atom. The Labute approximate surface area is 138 Å². The molecule has 2 aliphatic rings. The summed E-state index contributed by atoms with van der Waals surface area (Å²) in [7, 11) is 0. The second-order valence-electron chi connectivity index (χ2n) is 6.36. The fourth-order valence-corrected chi connectivity index (χ4v) is 3.39. The Kier molecular flexibility index (Phi) is 5.14. The largest absolute Gasteiger partial charge is 0.325 e. The molecule has 1 aromatic rings. The Morgan fingerprint density at radius 3 is 2.30 bits per heavy atom. The fourth-order valence-electron chi connectivity index (χ4n) is 3.39. The van der Waals surface area contributed by atoms with E-state index in [1.165, 1.54) is 6.42 Å². The van der Waals surface area contributed by atoms with Crippen LogP contribution in [0.1, 0.15) is 30.4 Å². The maximum atomic E-state index is 12.5. The standard InChI is InChI=1S/C18H24N4O/c19-14-16-6-2-3-7-17(16)15-20-10-12-22(13-11-20)18(23)21-8-4-1-5-9-21/h2-3,6-7H,1,4-5,8-13,15H2. The number of piperazine rings is 1. The number of carbonyl (C=O) groups is 1. The van der Waals surface area contributed by atoms with E-state index in [1.807, 2.05) is 34.1 Å². The van der Waals surface area contributed by atoms with E-state index in [1.54, 1.807) is 0 Å². The van der Waals surface area contributed by atoms with Crippen molar-refractivity contribution in [3.05, 3.63) is 35.4 Å². The van der Waals surface area contributed by atoms with Crippen molar-refractivity contribution >= 4 is 6.03 Å².